The van der Waals surface area contributed by atoms with Crippen molar-refractivity contribution in [1.82, 2.24) is 0 Å². The maximum Gasteiger partial charge on any atom is 0.0739 e. The van der Waals surface area contributed by atoms with E-state index in [2.05, 4.69) is 6.92 Å². The summed E-state index contributed by atoms with van der Waals surface area (Å²) in [7, 11) is 0. The third-order valence-corrected chi connectivity index (χ3v) is 4.65. The molecular formula is C11H18O. The van der Waals surface area contributed by atoms with Gasteiger partial charge in [-0.05, 0) is 49.4 Å². The molecule has 0 radical (unpaired) electrons. The SMILES string of the molecule is CC(C1CC1)C1(O)C2CCCC21. The molecule has 0 aromatic carbocycles. The molecule has 3 saturated carbocycles. The largest absolute Gasteiger partial charge is 0.389 e. The van der Waals surface area contributed by atoms with Crippen LogP contribution in [0.3, 0.4) is 0 Å². The number of fused-ring (bicyclic) bond motifs is 1. The van der Waals surface area contributed by atoms with Crippen LogP contribution < -0.4 is 0 Å². The van der Waals surface area contributed by atoms with Crippen molar-refractivity contribution in [3.8, 4) is 0 Å². The van der Waals surface area contributed by atoms with Crippen molar-refractivity contribution >= 4 is 0 Å². The first-order valence-electron chi connectivity index (χ1n) is 5.47. The molecule has 1 N–H and O–H groups in total. The fraction of sp³-hybridized carbons (Fsp3) is 1.00. The average molecular weight is 166 g/mol. The quantitative estimate of drug-likeness (QED) is 0.666. The molecule has 0 saturated heterocycles. The van der Waals surface area contributed by atoms with Gasteiger partial charge in [0.25, 0.3) is 0 Å². The van der Waals surface area contributed by atoms with Crippen LogP contribution in [0.1, 0.15) is 39.0 Å². The lowest BCUT2D eigenvalue weighted by atomic mass is 9.90. The van der Waals surface area contributed by atoms with E-state index in [1.165, 1.54) is 32.1 Å². The minimum atomic E-state index is -0.195. The second-order valence-electron chi connectivity index (χ2n) is 5.16. The molecule has 0 aromatic heterocycles. The van der Waals surface area contributed by atoms with Gasteiger partial charge in [0.1, 0.15) is 0 Å². The lowest BCUT2D eigenvalue weighted by Crippen LogP contribution is -2.27. The lowest BCUT2D eigenvalue weighted by molar-refractivity contribution is 0.0414. The average Bonchev–Trinajstić information content (AvgIpc) is 2.93. The highest BCUT2D eigenvalue weighted by Gasteiger charge is 2.69. The van der Waals surface area contributed by atoms with Crippen LogP contribution in [0.25, 0.3) is 0 Å². The standard InChI is InChI=1S/C11H18O/c1-7(8-5-6-8)11(12)9-3-2-4-10(9)11/h7-10,12H,2-6H2,1H3. The minimum absolute atomic E-state index is 0.195. The zero-order valence-electron chi connectivity index (χ0n) is 7.79. The molecule has 0 amide bonds. The van der Waals surface area contributed by atoms with Gasteiger partial charge in [0.2, 0.25) is 0 Å². The van der Waals surface area contributed by atoms with E-state index in [0.29, 0.717) is 17.8 Å². The van der Waals surface area contributed by atoms with Gasteiger partial charge in [-0.25, -0.2) is 0 Å². The summed E-state index contributed by atoms with van der Waals surface area (Å²) in [5.74, 6) is 2.88. The Labute approximate surface area is 74.2 Å². The zero-order chi connectivity index (χ0) is 8.34. The lowest BCUT2D eigenvalue weighted by Gasteiger charge is -2.22. The van der Waals surface area contributed by atoms with Crippen LogP contribution in [0.5, 0.6) is 0 Å². The Hall–Kier alpha value is -0.0400. The topological polar surface area (TPSA) is 20.2 Å². The first kappa shape index (κ1) is 7.37. The second-order valence-corrected chi connectivity index (χ2v) is 5.16. The fourth-order valence-electron chi connectivity index (χ4n) is 3.62. The van der Waals surface area contributed by atoms with Gasteiger partial charge in [-0.3, -0.25) is 0 Å². The normalized spacial score (nSPS) is 53.5. The van der Waals surface area contributed by atoms with E-state index in [1.807, 2.05) is 0 Å². The van der Waals surface area contributed by atoms with Crippen molar-refractivity contribution in [3.05, 3.63) is 0 Å². The predicted molar refractivity (Wildman–Crippen MR) is 47.7 cm³/mol. The summed E-state index contributed by atoms with van der Waals surface area (Å²) in [4.78, 5) is 0. The molecule has 1 heteroatoms. The molecule has 0 heterocycles. The highest BCUT2D eigenvalue weighted by Crippen LogP contribution is 2.66. The fourth-order valence-corrected chi connectivity index (χ4v) is 3.62. The number of rotatable bonds is 2. The van der Waals surface area contributed by atoms with Crippen LogP contribution >= 0.6 is 0 Å². The molecule has 0 aromatic rings. The van der Waals surface area contributed by atoms with Crippen molar-refractivity contribution < 1.29 is 5.11 Å². The molecule has 3 rings (SSSR count). The summed E-state index contributed by atoms with van der Waals surface area (Å²) < 4.78 is 0. The van der Waals surface area contributed by atoms with Gasteiger partial charge >= 0.3 is 0 Å². The molecule has 68 valence electrons. The van der Waals surface area contributed by atoms with E-state index >= 15 is 0 Å². The zero-order valence-corrected chi connectivity index (χ0v) is 7.79. The predicted octanol–water partition coefficient (Wildman–Crippen LogP) is 2.19. The van der Waals surface area contributed by atoms with Gasteiger partial charge in [0.15, 0.2) is 0 Å². The molecule has 0 spiro atoms. The third-order valence-electron chi connectivity index (χ3n) is 4.65. The molecule has 3 aliphatic rings. The number of hydrogen-bond donors (Lipinski definition) is 1. The highest BCUT2D eigenvalue weighted by atomic mass is 16.3. The monoisotopic (exact) mass is 166 g/mol. The van der Waals surface area contributed by atoms with Crippen molar-refractivity contribution in [2.75, 3.05) is 0 Å². The summed E-state index contributed by atoms with van der Waals surface area (Å²) in [6, 6.07) is 0. The van der Waals surface area contributed by atoms with E-state index in [1.54, 1.807) is 0 Å². The molecule has 3 unspecified atom stereocenters. The molecule has 3 atom stereocenters. The molecular weight excluding hydrogens is 148 g/mol. The summed E-state index contributed by atoms with van der Waals surface area (Å²) in [6.45, 7) is 2.27. The van der Waals surface area contributed by atoms with Crippen LogP contribution in [-0.4, -0.2) is 10.7 Å². The number of hydrogen-bond acceptors (Lipinski definition) is 1. The van der Waals surface area contributed by atoms with E-state index in [9.17, 15) is 5.11 Å². The molecule has 3 fully saturated rings. The van der Waals surface area contributed by atoms with Crippen LogP contribution in [-0.2, 0) is 0 Å². The molecule has 0 bridgehead atoms. The Kier molecular flexibility index (Phi) is 1.27. The van der Waals surface area contributed by atoms with Crippen molar-refractivity contribution in [3.63, 3.8) is 0 Å². The smallest absolute Gasteiger partial charge is 0.0739 e. The molecule has 0 aliphatic heterocycles. The van der Waals surface area contributed by atoms with Gasteiger partial charge in [-0.1, -0.05) is 13.3 Å². The van der Waals surface area contributed by atoms with Crippen LogP contribution in [0, 0.1) is 23.7 Å². The van der Waals surface area contributed by atoms with Crippen molar-refractivity contribution in [2.45, 2.75) is 44.6 Å². The van der Waals surface area contributed by atoms with Gasteiger partial charge < -0.3 is 5.11 Å². The Morgan fingerprint density at radius 3 is 2.25 bits per heavy atom. The first-order chi connectivity index (χ1) is 5.74. The summed E-state index contributed by atoms with van der Waals surface area (Å²) in [6.07, 6.45) is 6.73. The van der Waals surface area contributed by atoms with Gasteiger partial charge in [-0.2, -0.15) is 0 Å². The first-order valence-corrected chi connectivity index (χ1v) is 5.47. The van der Waals surface area contributed by atoms with E-state index < -0.39 is 0 Å². The van der Waals surface area contributed by atoms with E-state index in [4.69, 9.17) is 0 Å². The maximum atomic E-state index is 10.4. The van der Waals surface area contributed by atoms with Crippen molar-refractivity contribution in [1.29, 1.82) is 0 Å². The van der Waals surface area contributed by atoms with Gasteiger partial charge in [0.05, 0.1) is 5.60 Å². The molecule has 12 heavy (non-hydrogen) atoms. The highest BCUT2D eigenvalue weighted by molar-refractivity contribution is 5.18. The van der Waals surface area contributed by atoms with E-state index in [-0.39, 0.29) is 5.60 Å². The minimum Gasteiger partial charge on any atom is -0.389 e. The Bertz CT molecular complexity index is 197. The Balaban J connectivity index is 1.75. The maximum absolute atomic E-state index is 10.4. The molecule has 1 nitrogen and oxygen atoms in total. The summed E-state index contributed by atoms with van der Waals surface area (Å²) in [5, 5.41) is 10.4. The summed E-state index contributed by atoms with van der Waals surface area (Å²) >= 11 is 0. The second kappa shape index (κ2) is 2.06. The van der Waals surface area contributed by atoms with Gasteiger partial charge in [-0.15, -0.1) is 0 Å². The number of aliphatic hydroxyl groups is 1. The molecule has 3 aliphatic carbocycles. The van der Waals surface area contributed by atoms with Crippen molar-refractivity contribution in [2.24, 2.45) is 23.7 Å². The Morgan fingerprint density at radius 1 is 1.17 bits per heavy atom. The van der Waals surface area contributed by atoms with Gasteiger partial charge in [0, 0.05) is 0 Å². The summed E-state index contributed by atoms with van der Waals surface area (Å²) in [5.41, 5.74) is -0.195. The van der Waals surface area contributed by atoms with E-state index in [0.717, 1.165) is 5.92 Å². The van der Waals surface area contributed by atoms with Crippen LogP contribution in [0.15, 0.2) is 0 Å². The van der Waals surface area contributed by atoms with Crippen LogP contribution in [0.2, 0.25) is 0 Å². The van der Waals surface area contributed by atoms with Crippen LogP contribution in [0.4, 0.5) is 0 Å². The third kappa shape index (κ3) is 0.736. The Morgan fingerprint density at radius 2 is 1.75 bits per heavy atom.